The summed E-state index contributed by atoms with van der Waals surface area (Å²) in [5.74, 6) is 0.255. The number of nitrogens with zero attached hydrogens (tertiary/aromatic N) is 1. The van der Waals surface area contributed by atoms with Crippen LogP contribution in [0.25, 0.3) is 0 Å². The number of hydrazine groups is 1. The Morgan fingerprint density at radius 2 is 1.76 bits per heavy atom. The molecule has 2 amide bonds. The summed E-state index contributed by atoms with van der Waals surface area (Å²) in [4.78, 5) is 23.5. The van der Waals surface area contributed by atoms with Crippen LogP contribution >= 0.6 is 0 Å². The van der Waals surface area contributed by atoms with Crippen molar-refractivity contribution in [2.24, 2.45) is 0 Å². The third-order valence-corrected chi connectivity index (χ3v) is 3.19. The van der Waals surface area contributed by atoms with E-state index in [0.717, 1.165) is 5.56 Å². The number of benzene rings is 2. The molecule has 0 spiro atoms. The summed E-state index contributed by atoms with van der Waals surface area (Å²) in [5, 5.41) is 8.70. The molecule has 0 aliphatic rings. The normalized spacial score (nSPS) is 9.60. The van der Waals surface area contributed by atoms with Crippen molar-refractivity contribution in [3.05, 3.63) is 59.7 Å². The number of hydrogen-bond donors (Lipinski definition) is 2. The minimum atomic E-state index is -0.497. The van der Waals surface area contributed by atoms with Gasteiger partial charge in [0.15, 0.2) is 6.61 Å². The Bertz CT molecular complexity index is 782. The van der Waals surface area contributed by atoms with E-state index in [1.54, 1.807) is 55.6 Å². The number of methoxy groups -OCH3 is 1. The minimum Gasteiger partial charge on any atom is -0.497 e. The molecule has 2 aromatic carbocycles. The van der Waals surface area contributed by atoms with Gasteiger partial charge in [-0.2, -0.15) is 5.26 Å². The van der Waals surface area contributed by atoms with Crippen LogP contribution in [0.1, 0.15) is 11.1 Å². The van der Waals surface area contributed by atoms with E-state index in [0.29, 0.717) is 17.1 Å². The second-order valence-electron chi connectivity index (χ2n) is 5.05. The molecule has 0 saturated heterocycles. The second-order valence-corrected chi connectivity index (χ2v) is 5.05. The Hall–Kier alpha value is -3.53. The summed E-state index contributed by atoms with van der Waals surface area (Å²) >= 11 is 0. The SMILES string of the molecule is COc1cccc(CC(=O)NNC(=O)COc2ccc(C#N)cc2)c1. The van der Waals surface area contributed by atoms with E-state index in [2.05, 4.69) is 10.9 Å². The first-order valence-electron chi connectivity index (χ1n) is 7.44. The van der Waals surface area contributed by atoms with E-state index in [4.69, 9.17) is 14.7 Å². The maximum atomic E-state index is 11.8. The maximum Gasteiger partial charge on any atom is 0.276 e. The predicted octanol–water partition coefficient (Wildman–Crippen LogP) is 1.34. The van der Waals surface area contributed by atoms with Crippen LogP contribution in [0.2, 0.25) is 0 Å². The molecule has 0 saturated carbocycles. The number of carbonyl (C=O) groups is 2. The Morgan fingerprint density at radius 1 is 1.04 bits per heavy atom. The topological polar surface area (TPSA) is 100 Å². The zero-order chi connectivity index (χ0) is 18.1. The van der Waals surface area contributed by atoms with Crippen LogP contribution in [-0.4, -0.2) is 25.5 Å². The van der Waals surface area contributed by atoms with Crippen molar-refractivity contribution >= 4 is 11.8 Å². The number of amides is 2. The van der Waals surface area contributed by atoms with Crippen molar-refractivity contribution in [2.45, 2.75) is 6.42 Å². The Balaban J connectivity index is 1.73. The number of carbonyl (C=O) groups excluding carboxylic acids is 2. The molecule has 0 bridgehead atoms. The predicted molar refractivity (Wildman–Crippen MR) is 89.6 cm³/mol. The molecule has 7 heteroatoms. The van der Waals surface area contributed by atoms with Gasteiger partial charge in [0.05, 0.1) is 25.2 Å². The molecule has 0 atom stereocenters. The van der Waals surface area contributed by atoms with Crippen LogP contribution in [0.3, 0.4) is 0 Å². The molecule has 0 aliphatic carbocycles. The first-order valence-corrected chi connectivity index (χ1v) is 7.44. The van der Waals surface area contributed by atoms with E-state index < -0.39 is 5.91 Å². The third-order valence-electron chi connectivity index (χ3n) is 3.19. The number of rotatable bonds is 6. The van der Waals surface area contributed by atoms with Gasteiger partial charge < -0.3 is 9.47 Å². The number of nitriles is 1. The minimum absolute atomic E-state index is 0.105. The first-order chi connectivity index (χ1) is 12.1. The van der Waals surface area contributed by atoms with Crippen LogP contribution in [0.4, 0.5) is 0 Å². The molecule has 0 aromatic heterocycles. The lowest BCUT2D eigenvalue weighted by Gasteiger charge is -2.09. The van der Waals surface area contributed by atoms with Crippen molar-refractivity contribution in [1.82, 2.24) is 10.9 Å². The van der Waals surface area contributed by atoms with Gasteiger partial charge in [-0.15, -0.1) is 0 Å². The summed E-state index contributed by atoms with van der Waals surface area (Å²) in [6.45, 7) is -0.259. The van der Waals surface area contributed by atoms with Gasteiger partial charge in [0.2, 0.25) is 5.91 Å². The van der Waals surface area contributed by atoms with Gasteiger partial charge in [0, 0.05) is 0 Å². The van der Waals surface area contributed by atoms with Crippen molar-refractivity contribution in [2.75, 3.05) is 13.7 Å². The summed E-state index contributed by atoms with van der Waals surface area (Å²) in [6, 6.07) is 15.4. The molecular formula is C18H17N3O4. The lowest BCUT2D eigenvalue weighted by molar-refractivity contribution is -0.129. The van der Waals surface area contributed by atoms with Gasteiger partial charge in [-0.25, -0.2) is 0 Å². The van der Waals surface area contributed by atoms with Gasteiger partial charge in [0.25, 0.3) is 5.91 Å². The summed E-state index contributed by atoms with van der Waals surface area (Å²) in [6.07, 6.45) is 0.105. The quantitative estimate of drug-likeness (QED) is 0.774. The van der Waals surface area contributed by atoms with E-state index in [9.17, 15) is 9.59 Å². The summed E-state index contributed by atoms with van der Waals surface area (Å²) in [7, 11) is 1.55. The van der Waals surface area contributed by atoms with Gasteiger partial charge in [0.1, 0.15) is 11.5 Å². The van der Waals surface area contributed by atoms with Crippen molar-refractivity contribution in [3.8, 4) is 17.6 Å². The molecule has 2 aromatic rings. The van der Waals surface area contributed by atoms with Crippen LogP contribution < -0.4 is 20.3 Å². The largest absolute Gasteiger partial charge is 0.497 e. The fourth-order valence-electron chi connectivity index (χ4n) is 1.96. The summed E-state index contributed by atoms with van der Waals surface area (Å²) < 4.78 is 10.3. The van der Waals surface area contributed by atoms with Gasteiger partial charge in [-0.05, 0) is 42.0 Å². The zero-order valence-corrected chi connectivity index (χ0v) is 13.6. The third kappa shape index (κ3) is 5.88. The molecule has 0 unspecified atom stereocenters. The number of nitrogens with one attached hydrogen (secondary N) is 2. The first kappa shape index (κ1) is 17.8. The Kier molecular flexibility index (Phi) is 6.37. The standard InChI is InChI=1S/C18H17N3O4/c1-24-16-4-2-3-14(9-16)10-17(22)20-21-18(23)12-25-15-7-5-13(11-19)6-8-15/h2-9H,10,12H2,1H3,(H,20,22)(H,21,23). The smallest absolute Gasteiger partial charge is 0.276 e. The van der Waals surface area contributed by atoms with Crippen LogP contribution in [0.5, 0.6) is 11.5 Å². The van der Waals surface area contributed by atoms with E-state index in [-0.39, 0.29) is 18.9 Å². The summed E-state index contributed by atoms with van der Waals surface area (Å²) in [5.41, 5.74) is 5.86. The Labute approximate surface area is 145 Å². The maximum absolute atomic E-state index is 11.8. The van der Waals surface area contributed by atoms with Crippen LogP contribution in [-0.2, 0) is 16.0 Å². The number of hydrogen-bond acceptors (Lipinski definition) is 5. The Morgan fingerprint density at radius 3 is 2.44 bits per heavy atom. The number of ether oxygens (including phenoxy) is 2. The molecule has 0 radical (unpaired) electrons. The molecule has 0 heterocycles. The van der Waals surface area contributed by atoms with Crippen molar-refractivity contribution < 1.29 is 19.1 Å². The van der Waals surface area contributed by atoms with E-state index in [1.165, 1.54) is 0 Å². The van der Waals surface area contributed by atoms with Gasteiger partial charge >= 0.3 is 0 Å². The molecule has 0 aliphatic heterocycles. The average molecular weight is 339 g/mol. The van der Waals surface area contributed by atoms with E-state index >= 15 is 0 Å². The highest BCUT2D eigenvalue weighted by atomic mass is 16.5. The van der Waals surface area contributed by atoms with Crippen molar-refractivity contribution in [1.29, 1.82) is 5.26 Å². The van der Waals surface area contributed by atoms with Gasteiger partial charge in [-0.3, -0.25) is 20.4 Å². The highest BCUT2D eigenvalue weighted by molar-refractivity contribution is 5.83. The second kappa shape index (κ2) is 8.93. The van der Waals surface area contributed by atoms with E-state index in [1.807, 2.05) is 6.07 Å². The van der Waals surface area contributed by atoms with Gasteiger partial charge in [-0.1, -0.05) is 12.1 Å². The lowest BCUT2D eigenvalue weighted by Crippen LogP contribution is -2.44. The highest BCUT2D eigenvalue weighted by Crippen LogP contribution is 2.13. The molecule has 2 rings (SSSR count). The highest BCUT2D eigenvalue weighted by Gasteiger charge is 2.07. The zero-order valence-electron chi connectivity index (χ0n) is 13.6. The van der Waals surface area contributed by atoms with Crippen LogP contribution in [0.15, 0.2) is 48.5 Å². The fraction of sp³-hybridized carbons (Fsp3) is 0.167. The molecule has 2 N–H and O–H groups in total. The molecule has 25 heavy (non-hydrogen) atoms. The molecular weight excluding hydrogens is 322 g/mol. The lowest BCUT2D eigenvalue weighted by atomic mass is 10.1. The monoisotopic (exact) mass is 339 g/mol. The molecule has 0 fully saturated rings. The average Bonchev–Trinajstić information content (AvgIpc) is 2.65. The molecule has 7 nitrogen and oxygen atoms in total. The molecule has 128 valence electrons. The fourth-order valence-corrected chi connectivity index (χ4v) is 1.96. The van der Waals surface area contributed by atoms with Crippen LogP contribution in [0, 0.1) is 11.3 Å². The van der Waals surface area contributed by atoms with Crippen molar-refractivity contribution in [3.63, 3.8) is 0 Å².